The first-order chi connectivity index (χ1) is 5.27. The number of ketones is 1. The summed E-state index contributed by atoms with van der Waals surface area (Å²) in [6.45, 7) is 2.02. The molecule has 0 amide bonds. The van der Waals surface area contributed by atoms with Crippen LogP contribution in [0.1, 0.15) is 26.2 Å². The largest absolute Gasteiger partial charge is 0.361 e. The van der Waals surface area contributed by atoms with E-state index in [9.17, 15) is 4.79 Å². The van der Waals surface area contributed by atoms with Crippen molar-refractivity contribution in [2.45, 2.75) is 26.2 Å². The van der Waals surface area contributed by atoms with Crippen molar-refractivity contribution < 1.29 is 9.58 Å². The molecule has 0 saturated carbocycles. The molecule has 3 nitrogen and oxygen atoms in total. The third kappa shape index (κ3) is 1.63. The van der Waals surface area contributed by atoms with E-state index in [1.807, 2.05) is 6.92 Å². The van der Waals surface area contributed by atoms with Gasteiger partial charge in [-0.2, -0.15) is 4.79 Å². The first-order valence-electron chi connectivity index (χ1n) is 3.72. The van der Waals surface area contributed by atoms with Crippen LogP contribution in [-0.2, 0) is 4.79 Å². The van der Waals surface area contributed by atoms with Gasteiger partial charge in [-0.3, -0.25) is 4.79 Å². The summed E-state index contributed by atoms with van der Waals surface area (Å²) in [5.74, 6) is -0.0651. The van der Waals surface area contributed by atoms with E-state index in [0.29, 0.717) is 6.42 Å². The second kappa shape index (κ2) is 3.26. The number of Topliss-reactive ketones (excluding diaryl/α,β-unsaturated/α-hetero) is 1. The number of carbonyl (C=O) groups excluding carboxylic acids is 1. The molecule has 0 unspecified atom stereocenters. The molecule has 0 bridgehead atoms. The third-order valence-corrected chi connectivity index (χ3v) is 1.86. The summed E-state index contributed by atoms with van der Waals surface area (Å²) in [5.41, 5.74) is 9.78. The minimum atomic E-state index is -0.0651. The highest BCUT2D eigenvalue weighted by molar-refractivity contribution is 6.42. The standard InChI is InChI=1S/C8H10N2O/c1-2-6-3-4-8(11)7(5-6)10-9/h5H,2-4H2,1H3. The first kappa shape index (κ1) is 7.89. The Morgan fingerprint density at radius 1 is 1.64 bits per heavy atom. The number of carbonyl (C=O) groups is 1. The predicted octanol–water partition coefficient (Wildman–Crippen LogP) is 1.36. The number of hydrogen-bond donors (Lipinski definition) is 0. The van der Waals surface area contributed by atoms with Crippen LogP contribution in [0.25, 0.3) is 5.53 Å². The zero-order valence-corrected chi connectivity index (χ0v) is 6.50. The first-order valence-corrected chi connectivity index (χ1v) is 3.72. The quantitative estimate of drug-likeness (QED) is 0.411. The number of nitrogens with zero attached hydrogens (tertiary/aromatic N) is 2. The molecule has 58 valence electrons. The average molecular weight is 150 g/mol. The minimum Gasteiger partial charge on any atom is -0.361 e. The zero-order chi connectivity index (χ0) is 8.27. The topological polar surface area (TPSA) is 53.5 Å². The van der Waals surface area contributed by atoms with Crippen molar-refractivity contribution in [2.24, 2.45) is 0 Å². The number of rotatable bonds is 1. The van der Waals surface area contributed by atoms with Gasteiger partial charge in [0.25, 0.3) is 0 Å². The van der Waals surface area contributed by atoms with Gasteiger partial charge in [-0.05, 0) is 12.8 Å². The molecule has 0 saturated heterocycles. The van der Waals surface area contributed by atoms with Crippen LogP contribution < -0.4 is 0 Å². The van der Waals surface area contributed by atoms with E-state index in [-0.39, 0.29) is 11.5 Å². The Labute approximate surface area is 65.3 Å². The monoisotopic (exact) mass is 150 g/mol. The smallest absolute Gasteiger partial charge is 0.357 e. The van der Waals surface area contributed by atoms with Crippen LogP contribution in [0, 0.1) is 0 Å². The van der Waals surface area contributed by atoms with Crippen LogP contribution >= 0.6 is 0 Å². The van der Waals surface area contributed by atoms with Crippen LogP contribution in [0.5, 0.6) is 0 Å². The number of allylic oxidation sites excluding steroid dienone is 2. The average Bonchev–Trinajstić information content (AvgIpc) is 2.05. The highest BCUT2D eigenvalue weighted by Crippen LogP contribution is 2.14. The lowest BCUT2D eigenvalue weighted by atomic mass is 9.95. The summed E-state index contributed by atoms with van der Waals surface area (Å²) in [6.07, 6.45) is 3.89. The van der Waals surface area contributed by atoms with E-state index in [1.165, 1.54) is 5.57 Å². The SMILES string of the molecule is CCC1=CC(=[N+]=[N-])C(=O)CC1. The summed E-state index contributed by atoms with van der Waals surface area (Å²) in [7, 11) is 0. The summed E-state index contributed by atoms with van der Waals surface area (Å²) >= 11 is 0. The maximum absolute atomic E-state index is 11.0. The van der Waals surface area contributed by atoms with Crippen LogP contribution in [0.2, 0.25) is 0 Å². The predicted molar refractivity (Wildman–Crippen MR) is 41.2 cm³/mol. The molecule has 0 spiro atoms. The van der Waals surface area contributed by atoms with Gasteiger partial charge in [0.15, 0.2) is 0 Å². The maximum Gasteiger partial charge on any atom is 0.357 e. The Bertz CT molecular complexity index is 259. The van der Waals surface area contributed by atoms with Gasteiger partial charge < -0.3 is 5.53 Å². The molecule has 0 aromatic heterocycles. The summed E-state index contributed by atoms with van der Waals surface area (Å²) in [4.78, 5) is 13.9. The van der Waals surface area contributed by atoms with Gasteiger partial charge >= 0.3 is 5.71 Å². The van der Waals surface area contributed by atoms with E-state index < -0.39 is 0 Å². The fourth-order valence-electron chi connectivity index (χ4n) is 1.11. The fourth-order valence-corrected chi connectivity index (χ4v) is 1.11. The zero-order valence-electron chi connectivity index (χ0n) is 6.50. The molecule has 3 heteroatoms. The molecule has 0 radical (unpaired) electrons. The Balaban J connectivity index is 2.93. The van der Waals surface area contributed by atoms with Crippen molar-refractivity contribution in [3.63, 3.8) is 0 Å². The molecule has 1 rings (SSSR count). The Morgan fingerprint density at radius 2 is 2.36 bits per heavy atom. The molecule has 1 aliphatic rings. The highest BCUT2D eigenvalue weighted by Gasteiger charge is 2.22. The van der Waals surface area contributed by atoms with Crippen molar-refractivity contribution in [3.8, 4) is 0 Å². The van der Waals surface area contributed by atoms with Crippen LogP contribution in [0.3, 0.4) is 0 Å². The van der Waals surface area contributed by atoms with Crippen molar-refractivity contribution in [1.29, 1.82) is 0 Å². The van der Waals surface area contributed by atoms with E-state index in [2.05, 4.69) is 4.79 Å². The summed E-state index contributed by atoms with van der Waals surface area (Å²) in [6, 6.07) is 0. The van der Waals surface area contributed by atoms with Crippen LogP contribution in [0.15, 0.2) is 11.6 Å². The Morgan fingerprint density at radius 3 is 2.91 bits per heavy atom. The molecule has 0 heterocycles. The van der Waals surface area contributed by atoms with Gasteiger partial charge in [0, 0.05) is 12.5 Å². The molecular formula is C8H10N2O. The lowest BCUT2D eigenvalue weighted by molar-refractivity contribution is -0.117. The second-order valence-corrected chi connectivity index (χ2v) is 2.56. The van der Waals surface area contributed by atoms with Gasteiger partial charge in [-0.25, -0.2) is 0 Å². The normalized spacial score (nSPS) is 17.7. The van der Waals surface area contributed by atoms with Crippen molar-refractivity contribution in [2.75, 3.05) is 0 Å². The second-order valence-electron chi connectivity index (χ2n) is 2.56. The van der Waals surface area contributed by atoms with Crippen LogP contribution in [-0.4, -0.2) is 16.3 Å². The van der Waals surface area contributed by atoms with Crippen molar-refractivity contribution in [3.05, 3.63) is 17.2 Å². The molecule has 0 aromatic carbocycles. The Kier molecular flexibility index (Phi) is 2.34. The molecule has 11 heavy (non-hydrogen) atoms. The van der Waals surface area contributed by atoms with Crippen molar-refractivity contribution >= 4 is 11.5 Å². The van der Waals surface area contributed by atoms with Gasteiger partial charge in [0.05, 0.1) is 0 Å². The van der Waals surface area contributed by atoms with Crippen molar-refractivity contribution in [1.82, 2.24) is 0 Å². The van der Waals surface area contributed by atoms with E-state index >= 15 is 0 Å². The summed E-state index contributed by atoms with van der Waals surface area (Å²) in [5, 5.41) is 0. The van der Waals surface area contributed by atoms with Crippen LogP contribution in [0.4, 0.5) is 0 Å². The maximum atomic E-state index is 11.0. The van der Waals surface area contributed by atoms with Gasteiger partial charge in [-0.15, -0.1) is 0 Å². The lowest BCUT2D eigenvalue weighted by Gasteiger charge is -2.05. The molecule has 0 fully saturated rings. The van der Waals surface area contributed by atoms with Gasteiger partial charge in [-0.1, -0.05) is 12.5 Å². The third-order valence-electron chi connectivity index (χ3n) is 1.86. The van der Waals surface area contributed by atoms with E-state index in [0.717, 1.165) is 12.8 Å². The number of hydrogen-bond acceptors (Lipinski definition) is 1. The van der Waals surface area contributed by atoms with Gasteiger partial charge in [0.1, 0.15) is 0 Å². The Hall–Kier alpha value is -1.21. The summed E-state index contributed by atoms with van der Waals surface area (Å²) < 4.78 is 0. The highest BCUT2D eigenvalue weighted by atomic mass is 16.1. The minimum absolute atomic E-state index is 0.0651. The molecule has 0 aromatic rings. The molecule has 0 aliphatic heterocycles. The fraction of sp³-hybridized carbons (Fsp3) is 0.500. The molecular weight excluding hydrogens is 140 g/mol. The lowest BCUT2D eigenvalue weighted by Crippen LogP contribution is -2.17. The van der Waals surface area contributed by atoms with E-state index in [4.69, 9.17) is 5.53 Å². The van der Waals surface area contributed by atoms with Gasteiger partial charge in [0.2, 0.25) is 5.78 Å². The molecule has 0 N–H and O–H groups in total. The molecule has 1 aliphatic carbocycles. The molecule has 0 atom stereocenters. The van der Waals surface area contributed by atoms with E-state index in [1.54, 1.807) is 6.08 Å².